The van der Waals surface area contributed by atoms with E-state index in [4.69, 9.17) is 18.9 Å². The number of rotatable bonds is 15. The number of carboxylic acid groups (broad SMARTS) is 2. The van der Waals surface area contributed by atoms with Gasteiger partial charge in [0.15, 0.2) is 0 Å². The zero-order valence-electron chi connectivity index (χ0n) is 20.6. The third-order valence-electron chi connectivity index (χ3n) is 5.25. The highest BCUT2D eigenvalue weighted by Crippen LogP contribution is 2.28. The molecule has 0 radical (unpaired) electrons. The second-order valence-electron chi connectivity index (χ2n) is 7.91. The Labute approximate surface area is 214 Å². The molecule has 10 nitrogen and oxygen atoms in total. The standard InChI is InChI=1S/C27H30O10/c1-18(26(32)36-15-13-34-20-9-5-3-6-10-20)24(22(25(30)31)17-23(28)29)19(2)27(33)37-16-14-35-21-11-7-4-8-12-21/h3-12,18-19H,13-17H2,1-2H3,(H,28,29)(H,30,31). The summed E-state index contributed by atoms with van der Waals surface area (Å²) in [6.45, 7) is 2.51. The summed E-state index contributed by atoms with van der Waals surface area (Å²) in [4.78, 5) is 48.7. The topological polar surface area (TPSA) is 146 Å². The monoisotopic (exact) mass is 514 g/mol. The molecule has 37 heavy (non-hydrogen) atoms. The van der Waals surface area contributed by atoms with Gasteiger partial charge in [0.1, 0.15) is 37.9 Å². The average Bonchev–Trinajstić information content (AvgIpc) is 2.89. The van der Waals surface area contributed by atoms with E-state index in [1.165, 1.54) is 13.8 Å². The highest BCUT2D eigenvalue weighted by molar-refractivity contribution is 5.96. The van der Waals surface area contributed by atoms with E-state index in [0.717, 1.165) is 0 Å². The van der Waals surface area contributed by atoms with E-state index in [1.807, 2.05) is 12.1 Å². The molecule has 2 rings (SSSR count). The van der Waals surface area contributed by atoms with Gasteiger partial charge in [0.25, 0.3) is 0 Å². The van der Waals surface area contributed by atoms with Crippen molar-refractivity contribution in [2.75, 3.05) is 26.4 Å². The van der Waals surface area contributed by atoms with E-state index in [0.29, 0.717) is 11.5 Å². The molecule has 0 spiro atoms. The molecule has 0 amide bonds. The fourth-order valence-electron chi connectivity index (χ4n) is 3.49. The lowest BCUT2D eigenvalue weighted by Gasteiger charge is -2.23. The lowest BCUT2D eigenvalue weighted by Crippen LogP contribution is -2.30. The maximum atomic E-state index is 12.7. The van der Waals surface area contributed by atoms with E-state index in [1.54, 1.807) is 48.5 Å². The highest BCUT2D eigenvalue weighted by Gasteiger charge is 2.34. The molecule has 0 aromatic heterocycles. The van der Waals surface area contributed by atoms with Crippen molar-refractivity contribution in [3.8, 4) is 11.5 Å². The summed E-state index contributed by atoms with van der Waals surface area (Å²) in [7, 11) is 0. The Morgan fingerprint density at radius 3 is 1.43 bits per heavy atom. The third kappa shape index (κ3) is 9.67. The lowest BCUT2D eigenvalue weighted by atomic mass is 9.84. The molecule has 0 saturated carbocycles. The van der Waals surface area contributed by atoms with Crippen LogP contribution in [0.4, 0.5) is 0 Å². The van der Waals surface area contributed by atoms with Crippen molar-refractivity contribution in [2.24, 2.45) is 11.8 Å². The van der Waals surface area contributed by atoms with Gasteiger partial charge in [-0.25, -0.2) is 4.79 Å². The minimum Gasteiger partial charge on any atom is -0.490 e. The van der Waals surface area contributed by atoms with Crippen LogP contribution in [0.1, 0.15) is 20.3 Å². The van der Waals surface area contributed by atoms with Crippen LogP contribution in [-0.4, -0.2) is 60.5 Å². The summed E-state index contributed by atoms with van der Waals surface area (Å²) in [6, 6.07) is 17.7. The van der Waals surface area contributed by atoms with Gasteiger partial charge in [-0.1, -0.05) is 36.4 Å². The van der Waals surface area contributed by atoms with Crippen LogP contribution in [0.25, 0.3) is 0 Å². The van der Waals surface area contributed by atoms with E-state index >= 15 is 0 Å². The SMILES string of the molecule is CC(C(=O)OCCOc1ccccc1)C(=C(CC(=O)O)C(=O)O)C(C)C(=O)OCCOc1ccccc1. The Hall–Kier alpha value is -4.34. The van der Waals surface area contributed by atoms with Gasteiger partial charge in [-0.2, -0.15) is 0 Å². The summed E-state index contributed by atoms with van der Waals surface area (Å²) in [5, 5.41) is 18.9. The van der Waals surface area contributed by atoms with E-state index in [-0.39, 0.29) is 32.0 Å². The van der Waals surface area contributed by atoms with E-state index in [2.05, 4.69) is 0 Å². The summed E-state index contributed by atoms with van der Waals surface area (Å²) in [5.41, 5.74) is -0.777. The second kappa shape index (κ2) is 14.9. The maximum Gasteiger partial charge on any atom is 0.332 e. The van der Waals surface area contributed by atoms with Gasteiger partial charge in [-0.3, -0.25) is 14.4 Å². The number of carbonyl (C=O) groups excluding carboxylic acids is 2. The Bertz CT molecular complexity index is 1010. The molecule has 0 aliphatic heterocycles. The Kier molecular flexibility index (Phi) is 11.7. The van der Waals surface area contributed by atoms with Crippen LogP contribution in [0.5, 0.6) is 11.5 Å². The summed E-state index contributed by atoms with van der Waals surface area (Å²) in [5.74, 6) is -5.95. The number of carboxylic acids is 2. The number of para-hydroxylation sites is 2. The van der Waals surface area contributed by atoms with Crippen LogP contribution in [0, 0.1) is 11.8 Å². The summed E-state index contributed by atoms with van der Waals surface area (Å²) in [6.07, 6.45) is -0.895. The van der Waals surface area contributed by atoms with E-state index < -0.39 is 47.7 Å². The van der Waals surface area contributed by atoms with Crippen LogP contribution in [-0.2, 0) is 28.7 Å². The Morgan fingerprint density at radius 1 is 0.676 bits per heavy atom. The Morgan fingerprint density at radius 2 is 1.08 bits per heavy atom. The smallest absolute Gasteiger partial charge is 0.332 e. The van der Waals surface area contributed by atoms with Gasteiger partial charge < -0.3 is 29.2 Å². The fourth-order valence-corrected chi connectivity index (χ4v) is 3.49. The van der Waals surface area contributed by atoms with E-state index in [9.17, 15) is 29.4 Å². The molecule has 2 N–H and O–H groups in total. The van der Waals surface area contributed by atoms with Gasteiger partial charge in [-0.05, 0) is 43.7 Å². The number of hydrogen-bond acceptors (Lipinski definition) is 8. The second-order valence-corrected chi connectivity index (χ2v) is 7.91. The molecular formula is C27H30O10. The summed E-state index contributed by atoms with van der Waals surface area (Å²) < 4.78 is 21.3. The predicted octanol–water partition coefficient (Wildman–Crippen LogP) is 3.36. The largest absolute Gasteiger partial charge is 0.490 e. The first-order valence-corrected chi connectivity index (χ1v) is 11.6. The first-order valence-electron chi connectivity index (χ1n) is 11.6. The summed E-state index contributed by atoms with van der Waals surface area (Å²) >= 11 is 0. The van der Waals surface area contributed by atoms with Crippen molar-refractivity contribution in [1.29, 1.82) is 0 Å². The third-order valence-corrected chi connectivity index (χ3v) is 5.25. The molecular weight excluding hydrogens is 484 g/mol. The molecule has 0 aliphatic rings. The van der Waals surface area contributed by atoms with Crippen LogP contribution < -0.4 is 9.47 Å². The van der Waals surface area contributed by atoms with Crippen molar-refractivity contribution in [3.63, 3.8) is 0 Å². The van der Waals surface area contributed by atoms with Crippen molar-refractivity contribution >= 4 is 23.9 Å². The molecule has 10 heteroatoms. The van der Waals surface area contributed by atoms with Gasteiger partial charge in [0.2, 0.25) is 0 Å². The van der Waals surface area contributed by atoms with Gasteiger partial charge in [-0.15, -0.1) is 0 Å². The van der Waals surface area contributed by atoms with Crippen molar-refractivity contribution in [1.82, 2.24) is 0 Å². The number of hydrogen-bond donors (Lipinski definition) is 2. The van der Waals surface area contributed by atoms with Gasteiger partial charge in [0, 0.05) is 5.57 Å². The molecule has 2 unspecified atom stereocenters. The molecule has 0 fully saturated rings. The molecule has 0 aliphatic carbocycles. The molecule has 2 aromatic carbocycles. The number of esters is 2. The van der Waals surface area contributed by atoms with Crippen molar-refractivity contribution < 1.29 is 48.3 Å². The number of benzene rings is 2. The van der Waals surface area contributed by atoms with Crippen molar-refractivity contribution in [3.05, 3.63) is 71.8 Å². The quantitative estimate of drug-likeness (QED) is 0.206. The predicted molar refractivity (Wildman–Crippen MR) is 131 cm³/mol. The first kappa shape index (κ1) is 28.9. The van der Waals surface area contributed by atoms with Gasteiger partial charge in [0.05, 0.1) is 18.3 Å². The molecule has 0 bridgehead atoms. The van der Waals surface area contributed by atoms with Crippen LogP contribution in [0.15, 0.2) is 71.8 Å². The molecule has 2 aromatic rings. The number of aliphatic carboxylic acids is 2. The minimum atomic E-state index is -1.56. The minimum absolute atomic E-state index is 0.0431. The zero-order chi connectivity index (χ0) is 27.2. The molecule has 0 heterocycles. The van der Waals surface area contributed by atoms with Crippen molar-refractivity contribution in [2.45, 2.75) is 20.3 Å². The van der Waals surface area contributed by atoms with Crippen LogP contribution in [0.3, 0.4) is 0 Å². The van der Waals surface area contributed by atoms with Crippen LogP contribution in [0.2, 0.25) is 0 Å². The zero-order valence-corrected chi connectivity index (χ0v) is 20.6. The molecule has 198 valence electrons. The average molecular weight is 515 g/mol. The van der Waals surface area contributed by atoms with Crippen LogP contribution >= 0.6 is 0 Å². The molecule has 0 saturated heterocycles. The lowest BCUT2D eigenvalue weighted by molar-refractivity contribution is -0.150. The number of ether oxygens (including phenoxy) is 4. The normalized spacial score (nSPS) is 11.9. The number of carbonyl (C=O) groups is 4. The first-order chi connectivity index (χ1) is 17.7. The molecule has 2 atom stereocenters. The fraction of sp³-hybridized carbons (Fsp3) is 0.333. The highest BCUT2D eigenvalue weighted by atomic mass is 16.6. The maximum absolute atomic E-state index is 12.7. The Balaban J connectivity index is 2.06. The van der Waals surface area contributed by atoms with Gasteiger partial charge >= 0.3 is 23.9 Å².